The Hall–Kier alpha value is -1.20. The van der Waals surface area contributed by atoms with E-state index in [9.17, 15) is 0 Å². The Balaban J connectivity index is 0.00000300. The second-order valence-corrected chi connectivity index (χ2v) is 7.88. The first-order valence-electron chi connectivity index (χ1n) is 10.5. The summed E-state index contributed by atoms with van der Waals surface area (Å²) >= 11 is 0. The predicted octanol–water partition coefficient (Wildman–Crippen LogP) is 1.54. The maximum atomic E-state index is 5.53. The van der Waals surface area contributed by atoms with Crippen molar-refractivity contribution in [2.45, 2.75) is 26.3 Å². The smallest absolute Gasteiger partial charge is 0.225 e. The van der Waals surface area contributed by atoms with Crippen LogP contribution in [-0.2, 0) is 4.74 Å². The van der Waals surface area contributed by atoms with E-state index < -0.39 is 0 Å². The number of hydrogen-bond acceptors (Lipinski definition) is 6. The van der Waals surface area contributed by atoms with E-state index in [1.165, 1.54) is 6.42 Å². The van der Waals surface area contributed by atoms with Crippen LogP contribution < -0.4 is 10.2 Å². The average molecular weight is 517 g/mol. The van der Waals surface area contributed by atoms with E-state index in [4.69, 9.17) is 4.74 Å². The van der Waals surface area contributed by atoms with E-state index in [-0.39, 0.29) is 24.0 Å². The van der Waals surface area contributed by atoms with E-state index in [1.54, 1.807) is 12.4 Å². The van der Waals surface area contributed by atoms with E-state index in [0.717, 1.165) is 70.9 Å². The fourth-order valence-corrected chi connectivity index (χ4v) is 3.96. The van der Waals surface area contributed by atoms with Crippen molar-refractivity contribution in [1.29, 1.82) is 0 Å². The predicted molar refractivity (Wildman–Crippen MR) is 128 cm³/mol. The second kappa shape index (κ2) is 12.5. The minimum absolute atomic E-state index is 0. The highest BCUT2D eigenvalue weighted by molar-refractivity contribution is 14.0. The first kappa shape index (κ1) is 24.1. The van der Waals surface area contributed by atoms with Crippen LogP contribution in [0.25, 0.3) is 0 Å². The van der Waals surface area contributed by atoms with Crippen LogP contribution in [0.2, 0.25) is 0 Å². The molecule has 2 aliphatic heterocycles. The largest absolute Gasteiger partial charge is 0.379 e. The zero-order valence-corrected chi connectivity index (χ0v) is 20.3. The first-order valence-corrected chi connectivity index (χ1v) is 10.5. The molecule has 1 aromatic rings. The van der Waals surface area contributed by atoms with Crippen LogP contribution in [-0.4, -0.2) is 97.8 Å². The number of guanidine groups is 1. The maximum Gasteiger partial charge on any atom is 0.225 e. The zero-order chi connectivity index (χ0) is 19.8. The molecule has 0 aliphatic carbocycles. The lowest BCUT2D eigenvalue weighted by molar-refractivity contribution is 0.0131. The number of anilines is 1. The van der Waals surface area contributed by atoms with Gasteiger partial charge in [-0.05, 0) is 18.4 Å². The van der Waals surface area contributed by atoms with Gasteiger partial charge in [-0.3, -0.25) is 9.89 Å². The third-order valence-corrected chi connectivity index (χ3v) is 5.43. The van der Waals surface area contributed by atoms with Crippen LogP contribution in [0.1, 0.15) is 20.3 Å². The van der Waals surface area contributed by atoms with Crippen molar-refractivity contribution in [2.75, 3.05) is 71.0 Å². The highest BCUT2D eigenvalue weighted by Crippen LogP contribution is 2.14. The topological polar surface area (TPSA) is 69.1 Å². The van der Waals surface area contributed by atoms with E-state index in [1.807, 2.05) is 13.1 Å². The Morgan fingerprint density at radius 1 is 1.10 bits per heavy atom. The fraction of sp³-hybridized carbons (Fsp3) is 0.750. The number of aliphatic imine (C=N–C) groups is 1. The van der Waals surface area contributed by atoms with Gasteiger partial charge in [0.1, 0.15) is 0 Å². The van der Waals surface area contributed by atoms with Crippen molar-refractivity contribution in [3.63, 3.8) is 0 Å². The Kier molecular flexibility index (Phi) is 10.4. The van der Waals surface area contributed by atoms with Gasteiger partial charge in [0.15, 0.2) is 5.96 Å². The molecule has 0 bridgehead atoms. The van der Waals surface area contributed by atoms with E-state index in [2.05, 4.69) is 48.8 Å². The third kappa shape index (κ3) is 7.21. The van der Waals surface area contributed by atoms with Gasteiger partial charge >= 0.3 is 0 Å². The standard InChI is InChI=1S/C20H35N7O.HI/c1-17(2)15-18(25-11-13-28-14-12-25)16-24-19(21-3)26-7-9-27(10-8-26)20-22-5-4-6-23-20;/h4-6,17-18H,7-16H2,1-3H3,(H,21,24);1H. The van der Waals surface area contributed by atoms with Crippen LogP contribution in [0.4, 0.5) is 5.95 Å². The molecule has 1 atom stereocenters. The van der Waals surface area contributed by atoms with Crippen molar-refractivity contribution >= 4 is 35.9 Å². The van der Waals surface area contributed by atoms with Gasteiger partial charge in [-0.25, -0.2) is 9.97 Å². The van der Waals surface area contributed by atoms with Gasteiger partial charge in [0, 0.05) is 71.3 Å². The highest BCUT2D eigenvalue weighted by atomic mass is 127. The van der Waals surface area contributed by atoms with Gasteiger partial charge in [0.2, 0.25) is 5.95 Å². The minimum atomic E-state index is 0. The zero-order valence-electron chi connectivity index (χ0n) is 18.0. The number of morpholine rings is 1. The number of piperazine rings is 1. The number of halogens is 1. The summed E-state index contributed by atoms with van der Waals surface area (Å²) in [5, 5.41) is 3.64. The lowest BCUT2D eigenvalue weighted by Crippen LogP contribution is -2.55. The third-order valence-electron chi connectivity index (χ3n) is 5.43. The van der Waals surface area contributed by atoms with E-state index in [0.29, 0.717) is 12.0 Å². The summed E-state index contributed by atoms with van der Waals surface area (Å²) in [5.74, 6) is 2.48. The Morgan fingerprint density at radius 2 is 1.76 bits per heavy atom. The molecule has 3 heterocycles. The monoisotopic (exact) mass is 517 g/mol. The molecule has 29 heavy (non-hydrogen) atoms. The number of hydrogen-bond donors (Lipinski definition) is 1. The summed E-state index contributed by atoms with van der Waals surface area (Å²) in [5.41, 5.74) is 0. The first-order chi connectivity index (χ1) is 13.7. The van der Waals surface area contributed by atoms with Crippen molar-refractivity contribution in [2.24, 2.45) is 10.9 Å². The average Bonchev–Trinajstić information content (AvgIpc) is 2.75. The van der Waals surface area contributed by atoms with Crippen LogP contribution >= 0.6 is 24.0 Å². The molecule has 0 amide bonds. The molecule has 3 rings (SSSR count). The lowest BCUT2D eigenvalue weighted by atomic mass is 10.0. The van der Waals surface area contributed by atoms with Gasteiger partial charge in [0.05, 0.1) is 13.2 Å². The Labute approximate surface area is 192 Å². The van der Waals surface area contributed by atoms with Crippen LogP contribution in [0.5, 0.6) is 0 Å². The molecule has 2 aliphatic rings. The summed E-state index contributed by atoms with van der Waals surface area (Å²) in [4.78, 5) is 20.4. The summed E-state index contributed by atoms with van der Waals surface area (Å²) in [7, 11) is 1.88. The van der Waals surface area contributed by atoms with Crippen molar-refractivity contribution in [1.82, 2.24) is 25.1 Å². The molecular formula is C20H36IN7O. The number of nitrogens with one attached hydrogen (secondary N) is 1. The molecule has 0 aromatic carbocycles. The molecule has 9 heteroatoms. The van der Waals surface area contributed by atoms with Crippen LogP contribution in [0.3, 0.4) is 0 Å². The molecule has 164 valence electrons. The van der Waals surface area contributed by atoms with Gasteiger partial charge in [-0.1, -0.05) is 13.8 Å². The van der Waals surface area contributed by atoms with E-state index >= 15 is 0 Å². The SMILES string of the molecule is CN=C(NCC(CC(C)C)N1CCOCC1)N1CCN(c2ncccn2)CC1.I. The van der Waals surface area contributed by atoms with Crippen LogP contribution in [0.15, 0.2) is 23.5 Å². The van der Waals surface area contributed by atoms with Gasteiger partial charge < -0.3 is 19.9 Å². The van der Waals surface area contributed by atoms with Gasteiger partial charge in [-0.15, -0.1) is 24.0 Å². The minimum Gasteiger partial charge on any atom is -0.379 e. The lowest BCUT2D eigenvalue weighted by Gasteiger charge is -2.38. The van der Waals surface area contributed by atoms with Crippen LogP contribution in [0, 0.1) is 5.92 Å². The summed E-state index contributed by atoms with van der Waals surface area (Å²) in [6.07, 6.45) is 4.79. The molecule has 1 N–H and O–H groups in total. The number of ether oxygens (including phenoxy) is 1. The number of nitrogens with zero attached hydrogens (tertiary/aromatic N) is 6. The molecule has 0 saturated carbocycles. The van der Waals surface area contributed by atoms with Gasteiger partial charge in [0.25, 0.3) is 0 Å². The Morgan fingerprint density at radius 3 is 2.34 bits per heavy atom. The van der Waals surface area contributed by atoms with Crippen molar-refractivity contribution < 1.29 is 4.74 Å². The fourth-order valence-electron chi connectivity index (χ4n) is 3.96. The molecule has 8 nitrogen and oxygen atoms in total. The van der Waals surface area contributed by atoms with Gasteiger partial charge in [-0.2, -0.15) is 0 Å². The second-order valence-electron chi connectivity index (χ2n) is 7.88. The number of aromatic nitrogens is 2. The molecule has 2 fully saturated rings. The molecule has 1 aromatic heterocycles. The molecule has 1 unspecified atom stereocenters. The molecule has 0 radical (unpaired) electrons. The molecule has 2 saturated heterocycles. The Bertz CT molecular complexity index is 602. The quantitative estimate of drug-likeness (QED) is 0.349. The van der Waals surface area contributed by atoms with Crippen molar-refractivity contribution in [3.8, 4) is 0 Å². The molecular weight excluding hydrogens is 481 g/mol. The highest BCUT2D eigenvalue weighted by Gasteiger charge is 2.24. The maximum absolute atomic E-state index is 5.53. The normalized spacial score (nSPS) is 19.8. The summed E-state index contributed by atoms with van der Waals surface area (Å²) in [6.45, 7) is 12.9. The van der Waals surface area contributed by atoms with Crippen molar-refractivity contribution in [3.05, 3.63) is 18.5 Å². The number of rotatable bonds is 6. The summed E-state index contributed by atoms with van der Waals surface area (Å²) < 4.78 is 5.53. The molecule has 0 spiro atoms. The summed E-state index contributed by atoms with van der Waals surface area (Å²) in [6, 6.07) is 2.37.